The number of thiazole rings is 1. The van der Waals surface area contributed by atoms with Crippen molar-refractivity contribution in [1.82, 2.24) is 15.6 Å². The number of ether oxygens (including phenoxy) is 1. The van der Waals surface area contributed by atoms with Crippen LogP contribution in [-0.4, -0.2) is 23.8 Å². The maximum Gasteiger partial charge on any atom is 0.422 e. The molecule has 2 rings (SSSR count). The van der Waals surface area contributed by atoms with Crippen LogP contribution in [0.25, 0.3) is 0 Å². The minimum Gasteiger partial charge on any atom is -0.484 e. The van der Waals surface area contributed by atoms with E-state index < -0.39 is 12.8 Å². The Balaban J connectivity index is 1.81. The van der Waals surface area contributed by atoms with Crippen LogP contribution in [-0.2, 0) is 6.54 Å². The van der Waals surface area contributed by atoms with Crippen molar-refractivity contribution in [3.8, 4) is 5.75 Å². The molecule has 1 unspecified atom stereocenters. The van der Waals surface area contributed by atoms with Gasteiger partial charge in [0.25, 0.3) is 0 Å². The lowest BCUT2D eigenvalue weighted by atomic mass is 10.1. The second-order valence-corrected chi connectivity index (χ2v) is 6.69. The van der Waals surface area contributed by atoms with Gasteiger partial charge in [-0.25, -0.2) is 9.78 Å². The zero-order chi connectivity index (χ0) is 18.4. The number of amides is 2. The Morgan fingerprint density at radius 2 is 2.00 bits per heavy atom. The van der Waals surface area contributed by atoms with Gasteiger partial charge in [-0.15, -0.1) is 11.3 Å². The van der Waals surface area contributed by atoms with Gasteiger partial charge in [0.15, 0.2) is 6.61 Å². The summed E-state index contributed by atoms with van der Waals surface area (Å²) in [5.41, 5.74) is 0.753. The fraction of sp³-hybridized carbons (Fsp3) is 0.375. The molecule has 0 fully saturated rings. The number of nitrogens with zero attached hydrogens (tertiary/aromatic N) is 1. The molecule has 2 aromatic rings. The van der Waals surface area contributed by atoms with Gasteiger partial charge in [-0.1, -0.05) is 12.1 Å². The van der Waals surface area contributed by atoms with E-state index in [0.29, 0.717) is 6.54 Å². The molecule has 25 heavy (non-hydrogen) atoms. The SMILES string of the molecule is Cc1ncc(CNC(=O)NC(C)c2ccc(OCC(F)(F)F)cc2)s1. The van der Waals surface area contributed by atoms with Gasteiger partial charge >= 0.3 is 12.2 Å². The van der Waals surface area contributed by atoms with Crippen LogP contribution in [0.4, 0.5) is 18.0 Å². The summed E-state index contributed by atoms with van der Waals surface area (Å²) < 4.78 is 41.0. The molecule has 2 N–H and O–H groups in total. The highest BCUT2D eigenvalue weighted by molar-refractivity contribution is 7.11. The molecule has 0 aliphatic carbocycles. The average molecular weight is 373 g/mol. The fourth-order valence-electron chi connectivity index (χ4n) is 2.00. The quantitative estimate of drug-likeness (QED) is 0.806. The smallest absolute Gasteiger partial charge is 0.422 e. The largest absolute Gasteiger partial charge is 0.484 e. The predicted octanol–water partition coefficient (Wildman–Crippen LogP) is 3.95. The summed E-state index contributed by atoms with van der Waals surface area (Å²) in [6, 6.07) is 5.47. The van der Waals surface area contributed by atoms with Gasteiger partial charge in [0, 0.05) is 11.1 Å². The maximum atomic E-state index is 12.1. The van der Waals surface area contributed by atoms with Crippen LogP contribution in [0.2, 0.25) is 0 Å². The Bertz CT molecular complexity index is 701. The molecule has 5 nitrogen and oxygen atoms in total. The summed E-state index contributed by atoms with van der Waals surface area (Å²) in [5.74, 6) is 0.123. The van der Waals surface area contributed by atoms with Crippen molar-refractivity contribution in [2.24, 2.45) is 0 Å². The highest BCUT2D eigenvalue weighted by atomic mass is 32.1. The van der Waals surface area contributed by atoms with E-state index in [4.69, 9.17) is 0 Å². The topological polar surface area (TPSA) is 63.2 Å². The molecule has 2 amide bonds. The van der Waals surface area contributed by atoms with Gasteiger partial charge in [0.05, 0.1) is 17.6 Å². The van der Waals surface area contributed by atoms with Crippen LogP contribution < -0.4 is 15.4 Å². The molecule has 0 saturated carbocycles. The third-order valence-electron chi connectivity index (χ3n) is 3.22. The summed E-state index contributed by atoms with van der Waals surface area (Å²) in [4.78, 5) is 17.0. The summed E-state index contributed by atoms with van der Waals surface area (Å²) in [6.45, 7) is 2.72. The number of urea groups is 1. The number of nitrogens with one attached hydrogen (secondary N) is 2. The molecule has 136 valence electrons. The van der Waals surface area contributed by atoms with Gasteiger partial charge in [0.2, 0.25) is 0 Å². The van der Waals surface area contributed by atoms with Crippen LogP contribution in [0.1, 0.15) is 28.4 Å². The van der Waals surface area contributed by atoms with Crippen LogP contribution >= 0.6 is 11.3 Å². The summed E-state index contributed by atoms with van der Waals surface area (Å²) in [7, 11) is 0. The van der Waals surface area contributed by atoms with Crippen molar-refractivity contribution >= 4 is 17.4 Å². The number of hydrogen-bond donors (Lipinski definition) is 2. The molecule has 0 spiro atoms. The first-order valence-electron chi connectivity index (χ1n) is 7.48. The molecule has 1 aromatic heterocycles. The summed E-state index contributed by atoms with van der Waals surface area (Å²) in [6.07, 6.45) is -2.66. The van der Waals surface area contributed by atoms with E-state index in [9.17, 15) is 18.0 Å². The third kappa shape index (κ3) is 6.61. The molecule has 1 heterocycles. The number of halogens is 3. The minimum atomic E-state index is -4.37. The number of rotatable bonds is 6. The Morgan fingerprint density at radius 1 is 1.32 bits per heavy atom. The highest BCUT2D eigenvalue weighted by Gasteiger charge is 2.28. The zero-order valence-corrected chi connectivity index (χ0v) is 14.5. The summed E-state index contributed by atoms with van der Waals surface area (Å²) >= 11 is 1.51. The number of alkyl halides is 3. The van der Waals surface area contributed by atoms with Crippen LogP contribution in [0, 0.1) is 6.92 Å². The molecule has 9 heteroatoms. The van der Waals surface area contributed by atoms with Gasteiger partial charge in [0.1, 0.15) is 5.75 Å². The van der Waals surface area contributed by atoms with Crippen LogP contribution in [0.15, 0.2) is 30.5 Å². The van der Waals surface area contributed by atoms with Crippen molar-refractivity contribution in [2.45, 2.75) is 32.6 Å². The van der Waals surface area contributed by atoms with Crippen LogP contribution in [0.3, 0.4) is 0 Å². The Labute approximate surface area is 147 Å². The molecule has 0 bridgehead atoms. The number of hydrogen-bond acceptors (Lipinski definition) is 4. The van der Waals surface area contributed by atoms with E-state index in [2.05, 4.69) is 20.4 Å². The van der Waals surface area contributed by atoms with Crippen molar-refractivity contribution in [1.29, 1.82) is 0 Å². The molecule has 1 atom stereocenters. The van der Waals surface area contributed by atoms with E-state index in [0.717, 1.165) is 15.4 Å². The fourth-order valence-corrected chi connectivity index (χ4v) is 2.74. The Kier molecular flexibility index (Phi) is 6.24. The average Bonchev–Trinajstić information content (AvgIpc) is 2.96. The lowest BCUT2D eigenvalue weighted by Crippen LogP contribution is -2.36. The van der Waals surface area contributed by atoms with Crippen molar-refractivity contribution in [3.05, 3.63) is 45.9 Å². The van der Waals surface area contributed by atoms with E-state index in [1.807, 2.05) is 6.92 Å². The van der Waals surface area contributed by atoms with Crippen LogP contribution in [0.5, 0.6) is 5.75 Å². The molecule has 0 saturated heterocycles. The van der Waals surface area contributed by atoms with Crippen molar-refractivity contribution in [3.63, 3.8) is 0 Å². The molecule has 0 radical (unpaired) electrons. The van der Waals surface area contributed by atoms with Gasteiger partial charge in [-0.3, -0.25) is 0 Å². The van der Waals surface area contributed by atoms with Crippen molar-refractivity contribution < 1.29 is 22.7 Å². The van der Waals surface area contributed by atoms with Gasteiger partial charge in [-0.2, -0.15) is 13.2 Å². The number of aryl methyl sites for hydroxylation is 1. The normalized spacial score (nSPS) is 12.5. The van der Waals surface area contributed by atoms with E-state index in [-0.39, 0.29) is 17.8 Å². The minimum absolute atomic E-state index is 0.123. The molecule has 0 aliphatic heterocycles. The first-order chi connectivity index (χ1) is 11.7. The number of benzene rings is 1. The van der Waals surface area contributed by atoms with E-state index in [1.165, 1.54) is 23.5 Å². The Morgan fingerprint density at radius 3 is 2.56 bits per heavy atom. The number of carbonyl (C=O) groups is 1. The van der Waals surface area contributed by atoms with E-state index in [1.54, 1.807) is 25.3 Å². The van der Waals surface area contributed by atoms with Gasteiger partial charge in [-0.05, 0) is 31.5 Å². The first kappa shape index (κ1) is 19.0. The van der Waals surface area contributed by atoms with E-state index >= 15 is 0 Å². The molecule has 1 aromatic carbocycles. The first-order valence-corrected chi connectivity index (χ1v) is 8.30. The van der Waals surface area contributed by atoms with Gasteiger partial charge < -0.3 is 15.4 Å². The number of carbonyl (C=O) groups excluding carboxylic acids is 1. The molecule has 0 aliphatic rings. The third-order valence-corrected chi connectivity index (χ3v) is 4.14. The summed E-state index contributed by atoms with van der Waals surface area (Å²) in [5, 5.41) is 6.42. The lowest BCUT2D eigenvalue weighted by Gasteiger charge is -2.15. The standard InChI is InChI=1S/C16H18F3N3O2S/c1-10(22-15(23)21-8-14-7-20-11(2)25-14)12-3-5-13(6-4-12)24-9-16(17,18)19/h3-7,10H,8-9H2,1-2H3,(H2,21,22,23). The monoisotopic (exact) mass is 373 g/mol. The zero-order valence-electron chi connectivity index (χ0n) is 13.7. The molecular weight excluding hydrogens is 355 g/mol. The predicted molar refractivity (Wildman–Crippen MR) is 88.6 cm³/mol. The lowest BCUT2D eigenvalue weighted by molar-refractivity contribution is -0.153. The number of aromatic nitrogens is 1. The molecular formula is C16H18F3N3O2S. The maximum absolute atomic E-state index is 12.1. The second-order valence-electron chi connectivity index (χ2n) is 5.37. The highest BCUT2D eigenvalue weighted by Crippen LogP contribution is 2.21. The Hall–Kier alpha value is -2.29. The second kappa shape index (κ2) is 8.19. The van der Waals surface area contributed by atoms with Crippen molar-refractivity contribution in [2.75, 3.05) is 6.61 Å².